The molecule has 0 aromatic heterocycles. The van der Waals surface area contributed by atoms with Gasteiger partial charge in [-0.25, -0.2) is 0 Å². The van der Waals surface area contributed by atoms with Crippen molar-refractivity contribution in [3.8, 4) is 0 Å². The quantitative estimate of drug-likeness (QED) is 0.660. The Morgan fingerprint density at radius 2 is 1.79 bits per heavy atom. The van der Waals surface area contributed by atoms with Crippen LogP contribution in [0.1, 0.15) is 53.9 Å². The Morgan fingerprint density at radius 3 is 2.07 bits per heavy atom. The van der Waals surface area contributed by atoms with Crippen molar-refractivity contribution in [1.82, 2.24) is 5.32 Å². The minimum Gasteiger partial charge on any atom is -0.320 e. The first-order valence-electron chi connectivity index (χ1n) is 5.88. The summed E-state index contributed by atoms with van der Waals surface area (Å²) in [6, 6.07) is 0. The molecule has 0 aliphatic rings. The van der Waals surface area contributed by atoms with E-state index in [-0.39, 0.29) is 0 Å². The van der Waals surface area contributed by atoms with Gasteiger partial charge in [0.25, 0.3) is 0 Å². The van der Waals surface area contributed by atoms with Crippen LogP contribution in [0.3, 0.4) is 0 Å². The van der Waals surface area contributed by atoms with Gasteiger partial charge in [0.05, 0.1) is 0 Å². The molecule has 0 heterocycles. The predicted molar refractivity (Wildman–Crippen MR) is 67.7 cm³/mol. The van der Waals surface area contributed by atoms with Gasteiger partial charge in [0, 0.05) is 0 Å². The second kappa shape index (κ2) is 12.7. The standard InChI is InChI=1S/C10H20.C3H9N/c1-5-6-7-10(4)8-9(2)3;1-3-4-2/h7,9H,5-6,8H2,1-4H3;4H,3H2,1-2H3/b10-7+;. The van der Waals surface area contributed by atoms with Gasteiger partial charge in [-0.15, -0.1) is 0 Å². The van der Waals surface area contributed by atoms with E-state index in [0.717, 1.165) is 12.5 Å². The lowest BCUT2D eigenvalue weighted by molar-refractivity contribution is 0.639. The molecule has 1 nitrogen and oxygen atoms in total. The molecule has 0 bridgehead atoms. The fraction of sp³-hybridized carbons (Fsp3) is 0.846. The van der Waals surface area contributed by atoms with Crippen LogP contribution in [0.15, 0.2) is 11.6 Å². The number of allylic oxidation sites excluding steroid dienone is 2. The Balaban J connectivity index is 0. The average molecular weight is 199 g/mol. The number of hydrogen-bond donors (Lipinski definition) is 1. The molecule has 0 unspecified atom stereocenters. The van der Waals surface area contributed by atoms with Crippen LogP contribution in [0.25, 0.3) is 0 Å². The number of hydrogen-bond acceptors (Lipinski definition) is 1. The lowest BCUT2D eigenvalue weighted by Gasteiger charge is -2.03. The highest BCUT2D eigenvalue weighted by Crippen LogP contribution is 2.10. The van der Waals surface area contributed by atoms with E-state index < -0.39 is 0 Å². The van der Waals surface area contributed by atoms with Gasteiger partial charge in [-0.1, -0.05) is 45.8 Å². The van der Waals surface area contributed by atoms with E-state index >= 15 is 0 Å². The molecule has 1 heteroatoms. The summed E-state index contributed by atoms with van der Waals surface area (Å²) in [4.78, 5) is 0. The second-order valence-corrected chi connectivity index (χ2v) is 4.14. The largest absolute Gasteiger partial charge is 0.320 e. The molecule has 0 radical (unpaired) electrons. The van der Waals surface area contributed by atoms with Crippen LogP contribution >= 0.6 is 0 Å². The maximum absolute atomic E-state index is 2.93. The van der Waals surface area contributed by atoms with Crippen molar-refractivity contribution < 1.29 is 0 Å². The van der Waals surface area contributed by atoms with E-state index in [4.69, 9.17) is 0 Å². The topological polar surface area (TPSA) is 12.0 Å². The van der Waals surface area contributed by atoms with Gasteiger partial charge in [-0.05, 0) is 39.3 Å². The predicted octanol–water partition coefficient (Wildman–Crippen LogP) is 4.00. The molecule has 0 rings (SSSR count). The van der Waals surface area contributed by atoms with Crippen molar-refractivity contribution in [1.29, 1.82) is 0 Å². The Morgan fingerprint density at radius 1 is 1.29 bits per heavy atom. The van der Waals surface area contributed by atoms with Gasteiger partial charge in [0.1, 0.15) is 0 Å². The average Bonchev–Trinajstić information content (AvgIpc) is 2.14. The van der Waals surface area contributed by atoms with Crippen molar-refractivity contribution in [2.45, 2.75) is 53.9 Å². The van der Waals surface area contributed by atoms with E-state index in [1.54, 1.807) is 5.57 Å². The van der Waals surface area contributed by atoms with E-state index in [1.165, 1.54) is 19.3 Å². The van der Waals surface area contributed by atoms with Crippen LogP contribution in [-0.4, -0.2) is 13.6 Å². The van der Waals surface area contributed by atoms with Gasteiger partial charge in [0.2, 0.25) is 0 Å². The number of rotatable bonds is 5. The summed E-state index contributed by atoms with van der Waals surface area (Å²) in [6.45, 7) is 12.1. The first-order valence-corrected chi connectivity index (χ1v) is 5.88. The molecule has 0 aromatic carbocycles. The molecule has 0 atom stereocenters. The third kappa shape index (κ3) is 17.7. The summed E-state index contributed by atoms with van der Waals surface area (Å²) in [5, 5.41) is 2.93. The molecule has 1 N–H and O–H groups in total. The summed E-state index contributed by atoms with van der Waals surface area (Å²) in [6.07, 6.45) is 6.15. The molecular weight excluding hydrogens is 170 g/mol. The zero-order chi connectivity index (χ0) is 11.4. The first kappa shape index (κ1) is 16.1. The Bertz CT molecular complexity index is 123. The SMILES string of the molecule is CCC/C=C(\C)CC(C)C.CCNC. The van der Waals surface area contributed by atoms with Gasteiger partial charge < -0.3 is 5.32 Å². The maximum Gasteiger partial charge on any atom is -0.00804 e. The van der Waals surface area contributed by atoms with Gasteiger partial charge in [-0.3, -0.25) is 0 Å². The van der Waals surface area contributed by atoms with Gasteiger partial charge >= 0.3 is 0 Å². The summed E-state index contributed by atoms with van der Waals surface area (Å²) in [5.41, 5.74) is 1.55. The molecular formula is C13H29N. The molecule has 0 fully saturated rings. The van der Waals surface area contributed by atoms with E-state index in [9.17, 15) is 0 Å². The van der Waals surface area contributed by atoms with Crippen molar-refractivity contribution >= 4 is 0 Å². The Hall–Kier alpha value is -0.300. The van der Waals surface area contributed by atoms with Crippen molar-refractivity contribution in [3.05, 3.63) is 11.6 Å². The summed E-state index contributed by atoms with van der Waals surface area (Å²) < 4.78 is 0. The fourth-order valence-corrected chi connectivity index (χ4v) is 1.12. The zero-order valence-corrected chi connectivity index (χ0v) is 11.0. The molecule has 0 amide bonds. The second-order valence-electron chi connectivity index (χ2n) is 4.14. The summed E-state index contributed by atoms with van der Waals surface area (Å²) in [5.74, 6) is 0.813. The lowest BCUT2D eigenvalue weighted by atomic mass is 10.0. The molecule has 0 saturated heterocycles. The van der Waals surface area contributed by atoms with E-state index in [2.05, 4.69) is 46.0 Å². The Labute approximate surface area is 91.0 Å². The van der Waals surface area contributed by atoms with Crippen LogP contribution in [0.5, 0.6) is 0 Å². The molecule has 0 aromatic rings. The zero-order valence-electron chi connectivity index (χ0n) is 11.0. The number of unbranched alkanes of at least 4 members (excludes halogenated alkanes) is 1. The van der Waals surface area contributed by atoms with Crippen LogP contribution in [-0.2, 0) is 0 Å². The minimum atomic E-state index is 0.813. The smallest absolute Gasteiger partial charge is 0.00804 e. The van der Waals surface area contributed by atoms with Crippen molar-refractivity contribution in [3.63, 3.8) is 0 Å². The molecule has 0 spiro atoms. The van der Waals surface area contributed by atoms with Gasteiger partial charge in [-0.2, -0.15) is 0 Å². The maximum atomic E-state index is 2.93. The van der Waals surface area contributed by atoms with Crippen LogP contribution in [0.4, 0.5) is 0 Å². The van der Waals surface area contributed by atoms with Crippen molar-refractivity contribution in [2.75, 3.05) is 13.6 Å². The molecule has 14 heavy (non-hydrogen) atoms. The van der Waals surface area contributed by atoms with Crippen LogP contribution in [0, 0.1) is 5.92 Å². The molecule has 0 aliphatic heterocycles. The summed E-state index contributed by atoms with van der Waals surface area (Å²) in [7, 11) is 1.93. The number of nitrogens with one attached hydrogen (secondary N) is 1. The third-order valence-corrected chi connectivity index (χ3v) is 1.87. The monoisotopic (exact) mass is 199 g/mol. The third-order valence-electron chi connectivity index (χ3n) is 1.87. The van der Waals surface area contributed by atoms with Crippen LogP contribution < -0.4 is 5.32 Å². The van der Waals surface area contributed by atoms with E-state index in [1.807, 2.05) is 7.05 Å². The van der Waals surface area contributed by atoms with Crippen molar-refractivity contribution in [2.24, 2.45) is 5.92 Å². The highest BCUT2D eigenvalue weighted by Gasteiger charge is 1.93. The fourth-order valence-electron chi connectivity index (χ4n) is 1.12. The van der Waals surface area contributed by atoms with Crippen LogP contribution in [0.2, 0.25) is 0 Å². The molecule has 86 valence electrons. The highest BCUT2D eigenvalue weighted by molar-refractivity contribution is 4.97. The highest BCUT2D eigenvalue weighted by atomic mass is 14.8. The lowest BCUT2D eigenvalue weighted by Crippen LogP contribution is -2.01. The Kier molecular flexibility index (Phi) is 14.6. The summed E-state index contributed by atoms with van der Waals surface area (Å²) >= 11 is 0. The van der Waals surface area contributed by atoms with E-state index in [0.29, 0.717) is 0 Å². The van der Waals surface area contributed by atoms with Gasteiger partial charge in [0.15, 0.2) is 0 Å². The first-order chi connectivity index (χ1) is 6.58. The normalized spacial score (nSPS) is 11.2. The molecule has 0 aliphatic carbocycles. The minimum absolute atomic E-state index is 0.813. The molecule has 0 saturated carbocycles.